The van der Waals surface area contributed by atoms with Crippen LogP contribution in [0.15, 0.2) is 12.3 Å². The first kappa shape index (κ1) is 13.5. The molecular formula is C12H19N5O2. The number of hydrogen-bond donors (Lipinski definition) is 2. The lowest BCUT2D eigenvalue weighted by atomic mass is 10.2. The Morgan fingerprint density at radius 3 is 2.89 bits per heavy atom. The van der Waals surface area contributed by atoms with Crippen molar-refractivity contribution in [3.8, 4) is 0 Å². The van der Waals surface area contributed by atoms with Crippen molar-refractivity contribution in [2.45, 2.75) is 13.0 Å². The first-order valence-corrected chi connectivity index (χ1v) is 6.34. The lowest BCUT2D eigenvalue weighted by molar-refractivity contribution is -0.135. The Labute approximate surface area is 112 Å². The minimum atomic E-state index is -0.322. The van der Waals surface area contributed by atoms with Gasteiger partial charge in [-0.25, -0.2) is 4.98 Å². The summed E-state index contributed by atoms with van der Waals surface area (Å²) in [6.45, 7) is 4.34. The molecule has 0 bridgehead atoms. The molecule has 1 amide bonds. The van der Waals surface area contributed by atoms with Gasteiger partial charge in [0.1, 0.15) is 11.9 Å². The van der Waals surface area contributed by atoms with E-state index in [1.165, 1.54) is 0 Å². The maximum atomic E-state index is 12.2. The molecule has 2 heterocycles. The summed E-state index contributed by atoms with van der Waals surface area (Å²) in [4.78, 5) is 22.3. The fourth-order valence-corrected chi connectivity index (χ4v) is 1.90. The molecule has 1 fully saturated rings. The lowest BCUT2D eigenvalue weighted by Crippen LogP contribution is -2.47. The summed E-state index contributed by atoms with van der Waals surface area (Å²) in [6, 6.07) is 1.42. The Kier molecular flexibility index (Phi) is 4.51. The molecule has 0 spiro atoms. The highest BCUT2D eigenvalue weighted by molar-refractivity contribution is 5.84. The number of carbonyl (C=O) groups is 1. The first-order chi connectivity index (χ1) is 9.20. The van der Waals surface area contributed by atoms with Gasteiger partial charge in [-0.1, -0.05) is 0 Å². The SMILES string of the molecule is CNc1nccc(NC(C)C(=O)N2CCOCC2)n1. The number of aromatic nitrogens is 2. The third kappa shape index (κ3) is 3.54. The number of ether oxygens (including phenoxy) is 1. The summed E-state index contributed by atoms with van der Waals surface area (Å²) >= 11 is 0. The second-order valence-electron chi connectivity index (χ2n) is 4.32. The number of carbonyl (C=O) groups excluding carboxylic acids is 1. The van der Waals surface area contributed by atoms with E-state index in [-0.39, 0.29) is 11.9 Å². The molecule has 1 aromatic heterocycles. The highest BCUT2D eigenvalue weighted by Crippen LogP contribution is 2.09. The highest BCUT2D eigenvalue weighted by Gasteiger charge is 2.22. The Hall–Kier alpha value is -1.89. The van der Waals surface area contributed by atoms with Crippen LogP contribution in [0, 0.1) is 0 Å². The summed E-state index contributed by atoms with van der Waals surface area (Å²) in [5, 5.41) is 5.95. The molecule has 1 aliphatic rings. The third-order valence-electron chi connectivity index (χ3n) is 2.94. The summed E-state index contributed by atoms with van der Waals surface area (Å²) in [6.07, 6.45) is 1.65. The topological polar surface area (TPSA) is 79.4 Å². The van der Waals surface area contributed by atoms with Gasteiger partial charge in [0.2, 0.25) is 11.9 Å². The highest BCUT2D eigenvalue weighted by atomic mass is 16.5. The van der Waals surface area contributed by atoms with Gasteiger partial charge in [0.25, 0.3) is 0 Å². The van der Waals surface area contributed by atoms with E-state index in [4.69, 9.17) is 4.74 Å². The second-order valence-corrected chi connectivity index (χ2v) is 4.32. The van der Waals surface area contributed by atoms with Crippen LogP contribution in [-0.2, 0) is 9.53 Å². The van der Waals surface area contributed by atoms with Crippen LogP contribution >= 0.6 is 0 Å². The molecule has 7 heteroatoms. The predicted octanol–water partition coefficient (Wildman–Crippen LogP) is 0.178. The van der Waals surface area contributed by atoms with Crippen molar-refractivity contribution in [3.05, 3.63) is 12.3 Å². The monoisotopic (exact) mass is 265 g/mol. The van der Waals surface area contributed by atoms with Crippen molar-refractivity contribution in [3.63, 3.8) is 0 Å². The van der Waals surface area contributed by atoms with E-state index < -0.39 is 0 Å². The van der Waals surface area contributed by atoms with Crippen molar-refractivity contribution in [2.24, 2.45) is 0 Å². The summed E-state index contributed by atoms with van der Waals surface area (Å²) in [7, 11) is 1.75. The van der Waals surface area contributed by atoms with Gasteiger partial charge < -0.3 is 20.3 Å². The Balaban J connectivity index is 1.95. The van der Waals surface area contributed by atoms with Gasteiger partial charge in [0.15, 0.2) is 0 Å². The van der Waals surface area contributed by atoms with Crippen LogP contribution in [0.3, 0.4) is 0 Å². The molecule has 0 saturated carbocycles. The smallest absolute Gasteiger partial charge is 0.244 e. The largest absolute Gasteiger partial charge is 0.378 e. The van der Waals surface area contributed by atoms with E-state index in [2.05, 4.69) is 20.6 Å². The number of rotatable bonds is 4. The fourth-order valence-electron chi connectivity index (χ4n) is 1.90. The zero-order valence-corrected chi connectivity index (χ0v) is 11.2. The molecule has 0 aromatic carbocycles. The number of anilines is 2. The van der Waals surface area contributed by atoms with E-state index in [0.717, 1.165) is 0 Å². The van der Waals surface area contributed by atoms with Crippen LogP contribution < -0.4 is 10.6 Å². The molecule has 1 unspecified atom stereocenters. The van der Waals surface area contributed by atoms with E-state index in [0.29, 0.717) is 38.1 Å². The van der Waals surface area contributed by atoms with Gasteiger partial charge in [-0.05, 0) is 13.0 Å². The van der Waals surface area contributed by atoms with Crippen LogP contribution in [0.4, 0.5) is 11.8 Å². The third-order valence-corrected chi connectivity index (χ3v) is 2.94. The molecular weight excluding hydrogens is 246 g/mol. The standard InChI is InChI=1S/C12H19N5O2/c1-9(11(18)17-5-7-19-8-6-17)15-10-3-4-14-12(13-2)16-10/h3-4,9H,5-8H2,1-2H3,(H2,13,14,15,16). The molecule has 0 aliphatic carbocycles. The quantitative estimate of drug-likeness (QED) is 0.808. The maximum absolute atomic E-state index is 12.2. The number of amides is 1. The van der Waals surface area contributed by atoms with Crippen molar-refractivity contribution < 1.29 is 9.53 Å². The van der Waals surface area contributed by atoms with Crippen molar-refractivity contribution in [2.75, 3.05) is 44.0 Å². The van der Waals surface area contributed by atoms with Crippen molar-refractivity contribution >= 4 is 17.7 Å². The summed E-state index contributed by atoms with van der Waals surface area (Å²) in [5.74, 6) is 1.22. The predicted molar refractivity (Wildman–Crippen MR) is 72.1 cm³/mol. The number of hydrogen-bond acceptors (Lipinski definition) is 6. The first-order valence-electron chi connectivity index (χ1n) is 6.34. The minimum absolute atomic E-state index is 0.0629. The van der Waals surface area contributed by atoms with Gasteiger partial charge in [-0.3, -0.25) is 4.79 Å². The zero-order valence-electron chi connectivity index (χ0n) is 11.2. The Bertz CT molecular complexity index is 434. The van der Waals surface area contributed by atoms with E-state index in [1.54, 1.807) is 24.2 Å². The molecule has 2 rings (SSSR count). The van der Waals surface area contributed by atoms with E-state index in [9.17, 15) is 4.79 Å². The summed E-state index contributed by atoms with van der Waals surface area (Å²) in [5.41, 5.74) is 0. The summed E-state index contributed by atoms with van der Waals surface area (Å²) < 4.78 is 5.23. The van der Waals surface area contributed by atoms with Crippen LogP contribution in [-0.4, -0.2) is 60.2 Å². The Morgan fingerprint density at radius 1 is 1.47 bits per heavy atom. The van der Waals surface area contributed by atoms with E-state index in [1.807, 2.05) is 6.92 Å². The van der Waals surface area contributed by atoms with Gasteiger partial charge in [-0.2, -0.15) is 4.98 Å². The number of nitrogens with one attached hydrogen (secondary N) is 2. The minimum Gasteiger partial charge on any atom is -0.378 e. The van der Waals surface area contributed by atoms with Crippen molar-refractivity contribution in [1.29, 1.82) is 0 Å². The lowest BCUT2D eigenvalue weighted by Gasteiger charge is -2.29. The van der Waals surface area contributed by atoms with Crippen molar-refractivity contribution in [1.82, 2.24) is 14.9 Å². The van der Waals surface area contributed by atoms with Crippen LogP contribution in [0.2, 0.25) is 0 Å². The van der Waals surface area contributed by atoms with E-state index >= 15 is 0 Å². The number of morpholine rings is 1. The number of nitrogens with zero attached hydrogens (tertiary/aromatic N) is 3. The van der Waals surface area contributed by atoms with Gasteiger partial charge in [0.05, 0.1) is 13.2 Å². The molecule has 0 radical (unpaired) electrons. The second kappa shape index (κ2) is 6.33. The van der Waals surface area contributed by atoms with Crippen LogP contribution in [0.25, 0.3) is 0 Å². The molecule has 2 N–H and O–H groups in total. The van der Waals surface area contributed by atoms with Gasteiger partial charge >= 0.3 is 0 Å². The van der Waals surface area contributed by atoms with Crippen LogP contribution in [0.5, 0.6) is 0 Å². The molecule has 7 nitrogen and oxygen atoms in total. The molecule has 1 aliphatic heterocycles. The average molecular weight is 265 g/mol. The average Bonchev–Trinajstić information content (AvgIpc) is 2.47. The zero-order chi connectivity index (χ0) is 13.7. The van der Waals surface area contributed by atoms with Gasteiger partial charge in [0, 0.05) is 26.3 Å². The molecule has 19 heavy (non-hydrogen) atoms. The molecule has 1 saturated heterocycles. The Morgan fingerprint density at radius 2 is 2.21 bits per heavy atom. The fraction of sp³-hybridized carbons (Fsp3) is 0.583. The van der Waals surface area contributed by atoms with Crippen LogP contribution in [0.1, 0.15) is 6.92 Å². The van der Waals surface area contributed by atoms with Gasteiger partial charge in [-0.15, -0.1) is 0 Å². The maximum Gasteiger partial charge on any atom is 0.244 e. The molecule has 1 atom stereocenters. The molecule has 1 aromatic rings. The normalized spacial score (nSPS) is 16.8. The molecule has 104 valence electrons.